The Bertz CT molecular complexity index is 1320. The van der Waals surface area contributed by atoms with Crippen LogP contribution in [0.4, 0.5) is 4.39 Å². The van der Waals surface area contributed by atoms with Crippen molar-refractivity contribution >= 4 is 40.3 Å². The number of carboxylic acids is 1. The molecule has 2 aromatic carbocycles. The van der Waals surface area contributed by atoms with Crippen molar-refractivity contribution in [3.63, 3.8) is 0 Å². The lowest BCUT2D eigenvalue weighted by molar-refractivity contribution is -0.149. The number of nitrogens with zero attached hydrogens (tertiary/aromatic N) is 2. The van der Waals surface area contributed by atoms with Crippen LogP contribution in [0, 0.1) is 5.82 Å². The number of benzene rings is 2. The average Bonchev–Trinajstić information content (AvgIpc) is 3.22. The molecule has 9 nitrogen and oxygen atoms in total. The van der Waals surface area contributed by atoms with Crippen molar-refractivity contribution < 1.29 is 33.7 Å². The van der Waals surface area contributed by atoms with Crippen LogP contribution in [-0.4, -0.2) is 63.3 Å². The number of aromatic carboxylic acids is 1. The molecule has 0 spiro atoms. The second-order valence-electron chi connectivity index (χ2n) is 8.53. The van der Waals surface area contributed by atoms with Crippen LogP contribution in [-0.2, 0) is 27.4 Å². The summed E-state index contributed by atoms with van der Waals surface area (Å²) in [5, 5.41) is 22.8. The summed E-state index contributed by atoms with van der Waals surface area (Å²) in [5.41, 5.74) is 1.28. The van der Waals surface area contributed by atoms with Gasteiger partial charge < -0.3 is 29.7 Å². The van der Waals surface area contributed by atoms with Crippen molar-refractivity contribution in [2.24, 2.45) is 0 Å². The average molecular weight is 518 g/mol. The fourth-order valence-electron chi connectivity index (χ4n) is 4.26. The molecule has 2 atom stereocenters. The zero-order valence-corrected chi connectivity index (χ0v) is 20.2. The maximum atomic E-state index is 14.2. The Morgan fingerprint density at radius 1 is 1.28 bits per heavy atom. The van der Waals surface area contributed by atoms with Gasteiger partial charge >= 0.3 is 5.97 Å². The first-order valence-electron chi connectivity index (χ1n) is 11.3. The Balaban J connectivity index is 1.54. The Morgan fingerprint density at radius 2 is 2.06 bits per heavy atom. The molecule has 4 rings (SSSR count). The number of hydrogen-bond donors (Lipinski definition) is 3. The number of carboxylic acid groups (broad SMARTS) is 1. The summed E-state index contributed by atoms with van der Waals surface area (Å²) < 4.78 is 21.2. The molecule has 36 heavy (non-hydrogen) atoms. The fourth-order valence-corrected chi connectivity index (χ4v) is 4.45. The maximum absolute atomic E-state index is 14.2. The number of aliphatic hydroxyl groups is 1. The van der Waals surface area contributed by atoms with Crippen LogP contribution in [0.1, 0.15) is 34.5 Å². The number of nitrogens with one attached hydrogen (secondary N) is 1. The molecule has 1 unspecified atom stereocenters. The molecule has 0 radical (unpaired) electrons. The first-order valence-corrected chi connectivity index (χ1v) is 11.7. The van der Waals surface area contributed by atoms with E-state index in [0.717, 1.165) is 0 Å². The van der Waals surface area contributed by atoms with Gasteiger partial charge in [-0.15, -0.1) is 0 Å². The molecule has 1 aliphatic rings. The number of morpholine rings is 1. The molecule has 3 aromatic rings. The van der Waals surface area contributed by atoms with E-state index in [1.807, 2.05) is 0 Å². The van der Waals surface area contributed by atoms with E-state index in [1.54, 1.807) is 29.8 Å². The summed E-state index contributed by atoms with van der Waals surface area (Å²) in [4.78, 5) is 39.1. The number of hydrogen-bond acceptors (Lipinski definition) is 5. The van der Waals surface area contributed by atoms with Crippen LogP contribution in [0.2, 0.25) is 5.02 Å². The zero-order valence-electron chi connectivity index (χ0n) is 19.4. The van der Waals surface area contributed by atoms with Crippen molar-refractivity contribution in [1.82, 2.24) is 14.8 Å². The molecule has 1 fully saturated rings. The van der Waals surface area contributed by atoms with Crippen molar-refractivity contribution in [2.75, 3.05) is 19.8 Å². The van der Waals surface area contributed by atoms with E-state index in [1.165, 1.54) is 29.2 Å². The SMILES string of the molecule is CC(O)c1cn(CC(=O)N2CCOC[C@H]2C(=O)NCc2cccc(Cl)c2F)c2cc(C(=O)O)ccc12. The topological polar surface area (TPSA) is 121 Å². The van der Waals surface area contributed by atoms with E-state index >= 15 is 0 Å². The third-order valence-electron chi connectivity index (χ3n) is 6.15. The van der Waals surface area contributed by atoms with Gasteiger partial charge in [0, 0.05) is 41.3 Å². The Hall–Kier alpha value is -3.47. The summed E-state index contributed by atoms with van der Waals surface area (Å²) in [7, 11) is 0. The van der Waals surface area contributed by atoms with Gasteiger partial charge in [-0.25, -0.2) is 9.18 Å². The van der Waals surface area contributed by atoms with E-state index in [4.69, 9.17) is 16.3 Å². The number of amides is 2. The van der Waals surface area contributed by atoms with Gasteiger partial charge in [-0.05, 0) is 25.1 Å². The lowest BCUT2D eigenvalue weighted by Crippen LogP contribution is -2.56. The van der Waals surface area contributed by atoms with Gasteiger partial charge in [0.1, 0.15) is 18.4 Å². The standard InChI is InChI=1S/C25H25ClFN3O6/c1-14(31)18-11-29(20-9-15(25(34)35)5-6-17(18)20)12-22(32)30-7-8-36-13-21(30)24(33)28-10-16-3-2-4-19(26)23(16)27/h2-6,9,11,14,21,31H,7-8,10,12-13H2,1H3,(H,28,33)(H,34,35)/t14?,21-/m0/s1. The van der Waals surface area contributed by atoms with Crippen LogP contribution >= 0.6 is 11.6 Å². The van der Waals surface area contributed by atoms with Crippen LogP contribution in [0.3, 0.4) is 0 Å². The van der Waals surface area contributed by atoms with Gasteiger partial charge in [-0.2, -0.15) is 0 Å². The lowest BCUT2D eigenvalue weighted by atomic mass is 10.1. The highest BCUT2D eigenvalue weighted by molar-refractivity contribution is 6.30. The highest BCUT2D eigenvalue weighted by Crippen LogP contribution is 2.28. The van der Waals surface area contributed by atoms with E-state index in [0.29, 0.717) is 16.5 Å². The van der Waals surface area contributed by atoms with Crippen LogP contribution in [0.15, 0.2) is 42.6 Å². The summed E-state index contributed by atoms with van der Waals surface area (Å²) in [6.07, 6.45) is 0.768. The highest BCUT2D eigenvalue weighted by Gasteiger charge is 2.33. The number of aliphatic hydroxyl groups excluding tert-OH is 1. The van der Waals surface area contributed by atoms with Gasteiger partial charge in [0.05, 0.1) is 29.9 Å². The molecule has 0 aliphatic carbocycles. The normalized spacial score (nSPS) is 16.7. The first kappa shape index (κ1) is 25.6. The molecule has 2 heterocycles. The van der Waals surface area contributed by atoms with Crippen LogP contribution in [0.5, 0.6) is 0 Å². The summed E-state index contributed by atoms with van der Waals surface area (Å²) in [5.74, 6) is -2.63. The molecular weight excluding hydrogens is 493 g/mol. The van der Waals surface area contributed by atoms with Crippen molar-refractivity contribution in [3.8, 4) is 0 Å². The second-order valence-corrected chi connectivity index (χ2v) is 8.94. The molecule has 1 aliphatic heterocycles. The number of fused-ring (bicyclic) bond motifs is 1. The Labute approximate surface area is 211 Å². The summed E-state index contributed by atoms with van der Waals surface area (Å²) >= 11 is 5.80. The highest BCUT2D eigenvalue weighted by atomic mass is 35.5. The van der Waals surface area contributed by atoms with Gasteiger partial charge in [0.2, 0.25) is 11.8 Å². The maximum Gasteiger partial charge on any atom is 0.335 e. The Morgan fingerprint density at radius 3 is 2.78 bits per heavy atom. The molecule has 0 bridgehead atoms. The number of halogens is 2. The van der Waals surface area contributed by atoms with Crippen LogP contribution in [0.25, 0.3) is 10.9 Å². The van der Waals surface area contributed by atoms with E-state index in [-0.39, 0.29) is 54.9 Å². The molecule has 2 amide bonds. The van der Waals surface area contributed by atoms with E-state index in [2.05, 4.69) is 5.32 Å². The molecule has 11 heteroatoms. The van der Waals surface area contributed by atoms with E-state index < -0.39 is 29.8 Å². The third kappa shape index (κ3) is 5.20. The van der Waals surface area contributed by atoms with Crippen LogP contribution < -0.4 is 5.32 Å². The molecule has 0 saturated carbocycles. The molecule has 3 N–H and O–H groups in total. The van der Waals surface area contributed by atoms with Crippen molar-refractivity contribution in [3.05, 3.63) is 70.1 Å². The molecule has 1 aromatic heterocycles. The summed E-state index contributed by atoms with van der Waals surface area (Å²) in [6.45, 7) is 1.68. The number of carbonyl (C=O) groups is 3. The number of ether oxygens (including phenoxy) is 1. The molecule has 1 saturated heterocycles. The minimum atomic E-state index is -1.12. The second kappa shape index (κ2) is 10.7. The van der Waals surface area contributed by atoms with E-state index in [9.17, 15) is 29.0 Å². The monoisotopic (exact) mass is 517 g/mol. The number of carbonyl (C=O) groups excluding carboxylic acids is 2. The molecular formula is C25H25ClFN3O6. The predicted octanol–water partition coefficient (Wildman–Crippen LogP) is 2.73. The first-order chi connectivity index (χ1) is 17.2. The van der Waals surface area contributed by atoms with Gasteiger partial charge in [0.15, 0.2) is 0 Å². The van der Waals surface area contributed by atoms with Gasteiger partial charge in [-0.3, -0.25) is 9.59 Å². The van der Waals surface area contributed by atoms with Gasteiger partial charge in [0.25, 0.3) is 0 Å². The Kier molecular flexibility index (Phi) is 7.58. The lowest BCUT2D eigenvalue weighted by Gasteiger charge is -2.34. The third-order valence-corrected chi connectivity index (χ3v) is 6.44. The molecule has 190 valence electrons. The fraction of sp³-hybridized carbons (Fsp3) is 0.320. The minimum Gasteiger partial charge on any atom is -0.478 e. The largest absolute Gasteiger partial charge is 0.478 e. The predicted molar refractivity (Wildman–Crippen MR) is 129 cm³/mol. The minimum absolute atomic E-state index is 0.0237. The van der Waals surface area contributed by atoms with Gasteiger partial charge in [-0.1, -0.05) is 29.8 Å². The summed E-state index contributed by atoms with van der Waals surface area (Å²) in [6, 6.07) is 8.04. The number of aromatic nitrogens is 1. The smallest absolute Gasteiger partial charge is 0.335 e. The zero-order chi connectivity index (χ0) is 26.0. The van der Waals surface area contributed by atoms with Crippen molar-refractivity contribution in [1.29, 1.82) is 0 Å². The quantitative estimate of drug-likeness (QED) is 0.443. The number of rotatable bonds is 7. The van der Waals surface area contributed by atoms with Crippen molar-refractivity contribution in [2.45, 2.75) is 32.2 Å².